The number of hydrogen-bond acceptors (Lipinski definition) is 5. The van der Waals surface area contributed by atoms with Gasteiger partial charge >= 0.3 is 0 Å². The number of hydrogen-bond donors (Lipinski definition) is 1. The lowest BCUT2D eigenvalue weighted by Crippen LogP contribution is -2.33. The summed E-state index contributed by atoms with van der Waals surface area (Å²) in [6.07, 6.45) is -0.354. The van der Waals surface area contributed by atoms with Crippen molar-refractivity contribution in [3.8, 4) is 11.1 Å². The van der Waals surface area contributed by atoms with Gasteiger partial charge in [-0.15, -0.1) is 0 Å². The molecule has 262 valence electrons. The summed E-state index contributed by atoms with van der Waals surface area (Å²) in [5.41, 5.74) is 8.37. The molecule has 1 unspecified atom stereocenters. The van der Waals surface area contributed by atoms with Crippen molar-refractivity contribution in [2.45, 2.75) is 6.17 Å². The number of para-hydroxylation sites is 2. The van der Waals surface area contributed by atoms with E-state index in [0.717, 1.165) is 88.3 Å². The number of amidine groups is 2. The minimum Gasteiger partial charge on any atom is -0.455 e. The molecule has 5 nitrogen and oxygen atoms in total. The van der Waals surface area contributed by atoms with Crippen LogP contribution in [0.1, 0.15) is 22.9 Å². The molecular formula is C51H31N3O2. The molecular weight excluding hydrogens is 687 g/mol. The van der Waals surface area contributed by atoms with Crippen LogP contribution in [0.15, 0.2) is 195 Å². The molecule has 0 aliphatic carbocycles. The van der Waals surface area contributed by atoms with Gasteiger partial charge in [0, 0.05) is 43.6 Å². The highest BCUT2D eigenvalue weighted by Gasteiger charge is 2.27. The zero-order valence-corrected chi connectivity index (χ0v) is 30.0. The fourth-order valence-electron chi connectivity index (χ4n) is 8.67. The average Bonchev–Trinajstić information content (AvgIpc) is 3.86. The number of benzene rings is 9. The van der Waals surface area contributed by atoms with Gasteiger partial charge in [0.05, 0.1) is 0 Å². The Morgan fingerprint density at radius 3 is 1.80 bits per heavy atom. The van der Waals surface area contributed by atoms with Gasteiger partial charge in [-0.2, -0.15) is 0 Å². The molecule has 11 aromatic rings. The van der Waals surface area contributed by atoms with Crippen LogP contribution in [-0.2, 0) is 0 Å². The zero-order chi connectivity index (χ0) is 36.7. The van der Waals surface area contributed by atoms with Crippen molar-refractivity contribution in [1.82, 2.24) is 5.32 Å². The fraction of sp³-hybridized carbons (Fsp3) is 0.0196. The van der Waals surface area contributed by atoms with E-state index in [4.69, 9.17) is 18.8 Å². The minimum absolute atomic E-state index is 0.354. The van der Waals surface area contributed by atoms with Gasteiger partial charge in [0.15, 0.2) is 5.84 Å². The lowest BCUT2D eigenvalue weighted by atomic mass is 9.92. The molecule has 0 spiro atoms. The first kappa shape index (κ1) is 30.9. The van der Waals surface area contributed by atoms with Crippen molar-refractivity contribution >= 4 is 87.9 Å². The van der Waals surface area contributed by atoms with Crippen LogP contribution >= 0.6 is 0 Å². The summed E-state index contributed by atoms with van der Waals surface area (Å²) < 4.78 is 13.5. The van der Waals surface area contributed by atoms with Crippen molar-refractivity contribution in [2.75, 3.05) is 0 Å². The Morgan fingerprint density at radius 1 is 0.429 bits per heavy atom. The molecule has 0 fully saturated rings. The van der Waals surface area contributed by atoms with Gasteiger partial charge in [-0.25, -0.2) is 9.98 Å². The third-order valence-corrected chi connectivity index (χ3v) is 11.3. The first-order valence-corrected chi connectivity index (χ1v) is 18.9. The van der Waals surface area contributed by atoms with Crippen molar-refractivity contribution in [3.63, 3.8) is 0 Å². The molecule has 12 rings (SSSR count). The molecule has 1 aliphatic rings. The van der Waals surface area contributed by atoms with Gasteiger partial charge in [0.25, 0.3) is 0 Å². The Morgan fingerprint density at radius 2 is 1.02 bits per heavy atom. The molecule has 0 saturated carbocycles. The minimum atomic E-state index is -0.354. The summed E-state index contributed by atoms with van der Waals surface area (Å²) in [7, 11) is 0. The normalized spacial score (nSPS) is 14.6. The van der Waals surface area contributed by atoms with Crippen LogP contribution in [0.2, 0.25) is 0 Å². The largest absolute Gasteiger partial charge is 0.455 e. The van der Waals surface area contributed by atoms with E-state index in [2.05, 4.69) is 151 Å². The number of rotatable bonds is 4. The van der Waals surface area contributed by atoms with Gasteiger partial charge in [-0.05, 0) is 74.5 Å². The molecule has 56 heavy (non-hydrogen) atoms. The maximum absolute atomic E-state index is 6.89. The first-order valence-electron chi connectivity index (χ1n) is 18.9. The lowest BCUT2D eigenvalue weighted by Gasteiger charge is -2.24. The monoisotopic (exact) mass is 717 g/mol. The third-order valence-electron chi connectivity index (χ3n) is 11.3. The summed E-state index contributed by atoms with van der Waals surface area (Å²) in [4.78, 5) is 10.6. The standard InChI is InChI=1S/C51H31N3O2/c1-2-13-32(14-3-1)49-52-50(34-25-24-31-23-22-30-12-4-6-16-35(30)41(31)29-34)54-51(53-49)40-27-26-37(48-45(40)38-18-8-10-20-43(38)56-48)42-28-33-15-5-7-17-36(33)47-46(42)39-19-9-11-21-44(39)55-47/h1-29,49H,(H,52,53,54). The van der Waals surface area contributed by atoms with Crippen molar-refractivity contribution in [3.05, 3.63) is 193 Å². The van der Waals surface area contributed by atoms with Crippen LogP contribution < -0.4 is 5.32 Å². The van der Waals surface area contributed by atoms with Crippen LogP contribution in [0.3, 0.4) is 0 Å². The molecule has 0 radical (unpaired) electrons. The smallest absolute Gasteiger partial charge is 0.159 e. The molecule has 1 atom stereocenters. The highest BCUT2D eigenvalue weighted by Crippen LogP contribution is 2.45. The third kappa shape index (κ3) is 4.67. The van der Waals surface area contributed by atoms with Gasteiger partial charge in [0.2, 0.25) is 0 Å². The Labute approximate surface area is 320 Å². The van der Waals surface area contributed by atoms with Gasteiger partial charge in [-0.3, -0.25) is 0 Å². The van der Waals surface area contributed by atoms with Crippen LogP contribution in [0, 0.1) is 0 Å². The van der Waals surface area contributed by atoms with Crippen LogP contribution in [0.25, 0.3) is 87.3 Å². The van der Waals surface area contributed by atoms with Crippen LogP contribution in [0.5, 0.6) is 0 Å². The number of nitrogens with one attached hydrogen (secondary N) is 1. The fourth-order valence-corrected chi connectivity index (χ4v) is 8.67. The van der Waals surface area contributed by atoms with E-state index in [1.807, 2.05) is 30.3 Å². The van der Waals surface area contributed by atoms with Crippen molar-refractivity contribution in [1.29, 1.82) is 0 Å². The maximum atomic E-state index is 6.89. The number of nitrogens with zero attached hydrogens (tertiary/aromatic N) is 2. The van der Waals surface area contributed by atoms with E-state index in [1.165, 1.54) is 21.5 Å². The molecule has 5 heteroatoms. The maximum Gasteiger partial charge on any atom is 0.159 e. The number of fused-ring (bicyclic) bond motifs is 11. The molecule has 9 aromatic carbocycles. The Bertz CT molecular complexity index is 3460. The number of furan rings is 2. The topological polar surface area (TPSA) is 63.0 Å². The Balaban J connectivity index is 1.11. The average molecular weight is 718 g/mol. The highest BCUT2D eigenvalue weighted by atomic mass is 16.3. The Hall–Kier alpha value is -7.50. The van der Waals surface area contributed by atoms with E-state index >= 15 is 0 Å². The summed E-state index contributed by atoms with van der Waals surface area (Å²) in [6.45, 7) is 0. The first-order chi connectivity index (χ1) is 27.7. The second-order valence-electron chi connectivity index (χ2n) is 14.5. The van der Waals surface area contributed by atoms with Gasteiger partial charge in [0.1, 0.15) is 34.3 Å². The van der Waals surface area contributed by atoms with Crippen LogP contribution in [-0.4, -0.2) is 11.7 Å². The summed E-state index contributed by atoms with van der Waals surface area (Å²) in [5.74, 6) is 1.41. The zero-order valence-electron chi connectivity index (χ0n) is 30.0. The molecule has 2 aromatic heterocycles. The SMILES string of the molecule is c1ccc(C2N=C(c3ccc4ccc5ccccc5c4c3)N=C(c3ccc(-c4cc5ccccc5c5oc6ccccc6c45)c4oc5ccccc5c34)N2)cc1. The molecule has 0 amide bonds. The molecule has 0 saturated heterocycles. The predicted molar refractivity (Wildman–Crippen MR) is 231 cm³/mol. The van der Waals surface area contributed by atoms with Gasteiger partial charge < -0.3 is 14.2 Å². The second-order valence-corrected chi connectivity index (χ2v) is 14.5. The highest BCUT2D eigenvalue weighted by molar-refractivity contribution is 6.27. The summed E-state index contributed by atoms with van der Waals surface area (Å²) in [5, 5.41) is 14.9. The second kappa shape index (κ2) is 12.0. The summed E-state index contributed by atoms with van der Waals surface area (Å²) in [6, 6.07) is 61.4. The predicted octanol–water partition coefficient (Wildman–Crippen LogP) is 13.1. The van der Waals surface area contributed by atoms with Crippen LogP contribution in [0.4, 0.5) is 0 Å². The quantitative estimate of drug-likeness (QED) is 0.184. The van der Waals surface area contributed by atoms with E-state index in [1.54, 1.807) is 0 Å². The van der Waals surface area contributed by atoms with E-state index in [9.17, 15) is 0 Å². The molecule has 1 aliphatic heterocycles. The molecule has 0 bridgehead atoms. The summed E-state index contributed by atoms with van der Waals surface area (Å²) >= 11 is 0. The number of aliphatic imine (C=N–C) groups is 2. The lowest BCUT2D eigenvalue weighted by molar-refractivity contribution is 0.668. The van der Waals surface area contributed by atoms with E-state index in [-0.39, 0.29) is 6.17 Å². The van der Waals surface area contributed by atoms with E-state index in [0.29, 0.717) is 5.84 Å². The molecule has 3 heterocycles. The van der Waals surface area contributed by atoms with Gasteiger partial charge in [-0.1, -0.05) is 140 Å². The Kier molecular flexibility index (Phi) is 6.63. The molecule has 1 N–H and O–H groups in total. The van der Waals surface area contributed by atoms with Crippen molar-refractivity contribution in [2.24, 2.45) is 9.98 Å². The van der Waals surface area contributed by atoms with Crippen molar-refractivity contribution < 1.29 is 8.83 Å². The van der Waals surface area contributed by atoms with E-state index < -0.39 is 0 Å².